The molecule has 21 heavy (non-hydrogen) atoms. The maximum atomic E-state index is 11.0. The van der Waals surface area contributed by atoms with Crippen LogP contribution in [0.4, 0.5) is 5.69 Å². The second-order valence-corrected chi connectivity index (χ2v) is 6.06. The molecular formula is C13H14ClN3O3S. The molecule has 8 heteroatoms. The molecule has 1 saturated heterocycles. The Balaban J connectivity index is 2.14. The van der Waals surface area contributed by atoms with Gasteiger partial charge in [-0.2, -0.15) is 0 Å². The molecule has 0 spiro atoms. The molecule has 1 aromatic carbocycles. The minimum atomic E-state index is -0.561. The van der Waals surface area contributed by atoms with Crippen molar-refractivity contribution in [1.29, 1.82) is 0 Å². The first kappa shape index (κ1) is 14.3. The predicted molar refractivity (Wildman–Crippen MR) is 82.6 cm³/mol. The monoisotopic (exact) mass is 327 g/mol. The third kappa shape index (κ3) is 2.03. The molecule has 0 radical (unpaired) electrons. The maximum absolute atomic E-state index is 11.0. The number of nitrogens with zero attached hydrogens (tertiary/aromatic N) is 2. The molecule has 0 aromatic heterocycles. The number of nitro benzene ring substituents is 1. The highest BCUT2D eigenvalue weighted by atomic mass is 35.5. The van der Waals surface area contributed by atoms with E-state index in [1.165, 1.54) is 6.07 Å². The Morgan fingerprint density at radius 3 is 3.00 bits per heavy atom. The topological polar surface area (TPSA) is 67.6 Å². The fourth-order valence-electron chi connectivity index (χ4n) is 3.09. The summed E-state index contributed by atoms with van der Waals surface area (Å²) in [5.74, 6) is 0.567. The predicted octanol–water partition coefficient (Wildman–Crippen LogP) is 3.00. The second-order valence-electron chi connectivity index (χ2n) is 5.30. The number of ether oxygens (including phenoxy) is 1. The Morgan fingerprint density at radius 2 is 2.38 bits per heavy atom. The van der Waals surface area contributed by atoms with Gasteiger partial charge in [0.2, 0.25) is 0 Å². The van der Waals surface area contributed by atoms with Gasteiger partial charge in [0.25, 0.3) is 5.69 Å². The zero-order valence-electron chi connectivity index (χ0n) is 11.6. The van der Waals surface area contributed by atoms with E-state index < -0.39 is 10.6 Å². The molecular weight excluding hydrogens is 314 g/mol. The Hall–Kier alpha value is -1.60. The number of benzene rings is 1. The van der Waals surface area contributed by atoms with Crippen LogP contribution in [0.3, 0.4) is 0 Å². The first-order valence-corrected chi connectivity index (χ1v) is 7.40. The van der Waals surface area contributed by atoms with E-state index in [-0.39, 0.29) is 16.8 Å². The molecule has 6 nitrogen and oxygen atoms in total. The third-order valence-electron chi connectivity index (χ3n) is 4.01. The van der Waals surface area contributed by atoms with Gasteiger partial charge in [-0.25, -0.2) is 0 Å². The lowest BCUT2D eigenvalue weighted by molar-refractivity contribution is -0.384. The molecule has 112 valence electrons. The van der Waals surface area contributed by atoms with Gasteiger partial charge in [0.15, 0.2) is 10.8 Å². The van der Waals surface area contributed by atoms with Crippen molar-refractivity contribution in [2.24, 2.45) is 0 Å². The summed E-state index contributed by atoms with van der Waals surface area (Å²) in [6.45, 7) is 4.68. The van der Waals surface area contributed by atoms with E-state index in [0.717, 1.165) is 0 Å². The van der Waals surface area contributed by atoms with Crippen molar-refractivity contribution in [1.82, 2.24) is 10.2 Å². The van der Waals surface area contributed by atoms with Gasteiger partial charge in [0.05, 0.1) is 11.0 Å². The van der Waals surface area contributed by atoms with E-state index in [1.54, 1.807) is 6.07 Å². The summed E-state index contributed by atoms with van der Waals surface area (Å²) >= 11 is 11.6. The third-order valence-corrected chi connectivity index (χ3v) is 4.74. The Bertz CT molecular complexity index is 654. The van der Waals surface area contributed by atoms with Crippen LogP contribution in [0.2, 0.25) is 5.02 Å². The minimum Gasteiger partial charge on any atom is -0.468 e. The van der Waals surface area contributed by atoms with Gasteiger partial charge in [0.1, 0.15) is 10.8 Å². The lowest BCUT2D eigenvalue weighted by Crippen LogP contribution is -2.64. The van der Waals surface area contributed by atoms with Crippen molar-refractivity contribution in [3.05, 3.63) is 32.8 Å². The molecule has 2 heterocycles. The highest BCUT2D eigenvalue weighted by molar-refractivity contribution is 7.80. The highest BCUT2D eigenvalue weighted by Gasteiger charge is 2.48. The quantitative estimate of drug-likeness (QED) is 0.511. The summed E-state index contributed by atoms with van der Waals surface area (Å²) in [4.78, 5) is 12.5. The normalized spacial score (nSPS) is 26.7. The molecule has 0 aliphatic carbocycles. The fourth-order valence-corrected chi connectivity index (χ4v) is 3.91. The molecule has 2 bridgehead atoms. The largest absolute Gasteiger partial charge is 0.468 e. The Kier molecular flexibility index (Phi) is 3.22. The summed E-state index contributed by atoms with van der Waals surface area (Å²) < 4.78 is 6.07. The van der Waals surface area contributed by atoms with Gasteiger partial charge in [-0.05, 0) is 32.1 Å². The smallest absolute Gasteiger partial charge is 0.288 e. The van der Waals surface area contributed by atoms with E-state index in [9.17, 15) is 10.1 Å². The molecule has 2 aliphatic rings. The van der Waals surface area contributed by atoms with Gasteiger partial charge >= 0.3 is 0 Å². The van der Waals surface area contributed by atoms with Gasteiger partial charge in [0, 0.05) is 24.6 Å². The number of rotatable bonds is 2. The van der Waals surface area contributed by atoms with Crippen molar-refractivity contribution >= 4 is 34.6 Å². The van der Waals surface area contributed by atoms with E-state index in [1.807, 2.05) is 18.7 Å². The maximum Gasteiger partial charge on any atom is 0.288 e. The first-order valence-electron chi connectivity index (χ1n) is 6.61. The summed E-state index contributed by atoms with van der Waals surface area (Å²) in [6, 6.07) is 2.80. The number of hydrogen-bond acceptors (Lipinski definition) is 4. The number of nitro groups is 1. The second kappa shape index (κ2) is 4.71. The minimum absolute atomic E-state index is 0.116. The molecule has 2 aliphatic heterocycles. The molecule has 3 rings (SSSR count). The van der Waals surface area contributed by atoms with Crippen LogP contribution in [0, 0.1) is 10.1 Å². The average Bonchev–Trinajstić information content (AvgIpc) is 2.37. The average molecular weight is 328 g/mol. The van der Waals surface area contributed by atoms with Gasteiger partial charge < -0.3 is 15.0 Å². The van der Waals surface area contributed by atoms with Crippen LogP contribution in [0.5, 0.6) is 5.75 Å². The lowest BCUT2D eigenvalue weighted by Gasteiger charge is -2.52. The standard InChI is InChI=1S/C13H14ClN3O3S/c1-3-16-12(21)15-7-6-13(16,2)20-9-5-4-8(17(18)19)11(14)10(7)9/h4-5,7H,3,6H2,1-2H3,(H,15,21). The van der Waals surface area contributed by atoms with Crippen LogP contribution >= 0.6 is 23.8 Å². The SMILES string of the molecule is CCN1C(=S)NC2CC1(C)Oc1ccc([N+](=O)[O-])c(Cl)c12. The molecule has 2 atom stereocenters. The highest BCUT2D eigenvalue weighted by Crippen LogP contribution is 2.48. The number of fused-ring (bicyclic) bond motifs is 4. The molecule has 0 amide bonds. The Labute approximate surface area is 132 Å². The van der Waals surface area contributed by atoms with Crippen LogP contribution in [0.15, 0.2) is 12.1 Å². The van der Waals surface area contributed by atoms with Gasteiger partial charge in [-0.3, -0.25) is 10.1 Å². The van der Waals surface area contributed by atoms with Crippen molar-refractivity contribution < 1.29 is 9.66 Å². The zero-order valence-corrected chi connectivity index (χ0v) is 13.1. The summed E-state index contributed by atoms with van der Waals surface area (Å²) in [7, 11) is 0. The summed E-state index contributed by atoms with van der Waals surface area (Å²) in [5, 5.41) is 14.9. The summed E-state index contributed by atoms with van der Waals surface area (Å²) in [5.41, 5.74) is -0.0662. The van der Waals surface area contributed by atoms with Crippen molar-refractivity contribution in [2.75, 3.05) is 6.54 Å². The van der Waals surface area contributed by atoms with Crippen LogP contribution in [0.1, 0.15) is 31.9 Å². The zero-order chi connectivity index (χ0) is 15.4. The number of nitrogens with one attached hydrogen (secondary N) is 1. The van der Waals surface area contributed by atoms with Crippen LogP contribution in [0.25, 0.3) is 0 Å². The van der Waals surface area contributed by atoms with E-state index in [2.05, 4.69) is 5.32 Å². The number of halogens is 1. The lowest BCUT2D eigenvalue weighted by atomic mass is 9.90. The van der Waals surface area contributed by atoms with Crippen LogP contribution in [-0.4, -0.2) is 27.2 Å². The number of hydrogen-bond donors (Lipinski definition) is 1. The molecule has 1 N–H and O–H groups in total. The van der Waals surface area contributed by atoms with Crippen LogP contribution in [-0.2, 0) is 0 Å². The van der Waals surface area contributed by atoms with Crippen molar-refractivity contribution in [3.63, 3.8) is 0 Å². The molecule has 1 fully saturated rings. The molecule has 1 aromatic rings. The number of thiocarbonyl (C=S) groups is 1. The summed E-state index contributed by atoms with van der Waals surface area (Å²) in [6.07, 6.45) is 0.620. The van der Waals surface area contributed by atoms with E-state index >= 15 is 0 Å². The molecule has 2 unspecified atom stereocenters. The van der Waals surface area contributed by atoms with E-state index in [4.69, 9.17) is 28.6 Å². The van der Waals surface area contributed by atoms with E-state index in [0.29, 0.717) is 29.4 Å². The van der Waals surface area contributed by atoms with Crippen molar-refractivity contribution in [3.8, 4) is 5.75 Å². The van der Waals surface area contributed by atoms with Crippen LogP contribution < -0.4 is 10.1 Å². The fraction of sp³-hybridized carbons (Fsp3) is 0.462. The van der Waals surface area contributed by atoms with Gasteiger partial charge in [-0.15, -0.1) is 0 Å². The first-order chi connectivity index (χ1) is 9.87. The molecule has 0 saturated carbocycles. The van der Waals surface area contributed by atoms with Gasteiger partial charge in [-0.1, -0.05) is 11.6 Å². The van der Waals surface area contributed by atoms with Crippen molar-refractivity contribution in [2.45, 2.75) is 32.0 Å². The Morgan fingerprint density at radius 1 is 1.67 bits per heavy atom.